The number of ether oxygens (including phenoxy) is 1. The predicted octanol–water partition coefficient (Wildman–Crippen LogP) is 8.18. The fourth-order valence-corrected chi connectivity index (χ4v) is 6.39. The SMILES string of the molecule is CCOC(=O)c1c(-c2ccc(C)cc2)csc1NC(=O)CSc1cccc(NC(=O)/C(=C/c2ccccc2F)NC(=O)c2ccccc2)c1. The third kappa shape index (κ3) is 9.31. The Morgan fingerprint density at radius 3 is 2.35 bits per heavy atom. The Hall–Kier alpha value is -5.52. The summed E-state index contributed by atoms with van der Waals surface area (Å²) in [5.41, 5.74) is 3.60. The first-order valence-electron chi connectivity index (χ1n) is 15.2. The van der Waals surface area contributed by atoms with Gasteiger partial charge in [-0.05, 0) is 61.9 Å². The van der Waals surface area contributed by atoms with Gasteiger partial charge >= 0.3 is 5.97 Å². The monoisotopic (exact) mass is 693 g/mol. The topological polar surface area (TPSA) is 114 Å². The lowest BCUT2D eigenvalue weighted by Gasteiger charge is -2.12. The molecule has 0 radical (unpaired) electrons. The number of hydrogen-bond acceptors (Lipinski definition) is 7. The molecule has 0 aliphatic carbocycles. The molecule has 3 N–H and O–H groups in total. The lowest BCUT2D eigenvalue weighted by molar-refractivity contribution is -0.114. The zero-order chi connectivity index (χ0) is 34.8. The highest BCUT2D eigenvalue weighted by atomic mass is 32.2. The maximum atomic E-state index is 14.5. The van der Waals surface area contributed by atoms with Gasteiger partial charge in [-0.15, -0.1) is 23.1 Å². The Labute approximate surface area is 291 Å². The molecule has 49 heavy (non-hydrogen) atoms. The molecule has 0 aliphatic rings. The Morgan fingerprint density at radius 2 is 1.61 bits per heavy atom. The van der Waals surface area contributed by atoms with Gasteiger partial charge in [-0.3, -0.25) is 14.4 Å². The molecule has 0 unspecified atom stereocenters. The molecule has 4 aromatic carbocycles. The number of thiophene rings is 1. The van der Waals surface area contributed by atoms with Crippen molar-refractivity contribution < 1.29 is 28.3 Å². The minimum atomic E-state index is -0.666. The van der Waals surface area contributed by atoms with E-state index in [1.54, 1.807) is 67.6 Å². The number of amides is 3. The fourth-order valence-electron chi connectivity index (χ4n) is 4.67. The number of carbonyl (C=O) groups excluding carboxylic acids is 4. The second-order valence-electron chi connectivity index (χ2n) is 10.7. The molecule has 0 aliphatic heterocycles. The van der Waals surface area contributed by atoms with Gasteiger partial charge in [-0.2, -0.15) is 0 Å². The Bertz CT molecular complexity index is 2010. The average molecular weight is 694 g/mol. The van der Waals surface area contributed by atoms with Crippen LogP contribution in [-0.4, -0.2) is 36.1 Å². The molecule has 0 atom stereocenters. The van der Waals surface area contributed by atoms with Crippen LogP contribution < -0.4 is 16.0 Å². The van der Waals surface area contributed by atoms with Crippen molar-refractivity contribution >= 4 is 63.6 Å². The van der Waals surface area contributed by atoms with Gasteiger partial charge < -0.3 is 20.7 Å². The second kappa shape index (κ2) is 16.5. The van der Waals surface area contributed by atoms with Gasteiger partial charge in [-0.1, -0.05) is 72.3 Å². The van der Waals surface area contributed by atoms with E-state index in [4.69, 9.17) is 4.74 Å². The highest BCUT2D eigenvalue weighted by Crippen LogP contribution is 2.36. The molecule has 0 saturated heterocycles. The summed E-state index contributed by atoms with van der Waals surface area (Å²) in [6.07, 6.45) is 1.27. The van der Waals surface area contributed by atoms with Crippen molar-refractivity contribution in [1.82, 2.24) is 5.32 Å². The van der Waals surface area contributed by atoms with Crippen molar-refractivity contribution in [3.05, 3.63) is 142 Å². The number of rotatable bonds is 12. The van der Waals surface area contributed by atoms with E-state index in [-0.39, 0.29) is 29.5 Å². The van der Waals surface area contributed by atoms with Crippen molar-refractivity contribution in [2.24, 2.45) is 0 Å². The van der Waals surface area contributed by atoms with Crippen molar-refractivity contribution in [2.75, 3.05) is 23.0 Å². The summed E-state index contributed by atoms with van der Waals surface area (Å²) >= 11 is 2.48. The van der Waals surface area contributed by atoms with Gasteiger partial charge in [0.15, 0.2) is 0 Å². The Balaban J connectivity index is 1.27. The maximum absolute atomic E-state index is 14.5. The Morgan fingerprint density at radius 1 is 0.878 bits per heavy atom. The first kappa shape index (κ1) is 34.8. The predicted molar refractivity (Wildman–Crippen MR) is 193 cm³/mol. The maximum Gasteiger partial charge on any atom is 0.341 e. The molecule has 8 nitrogen and oxygen atoms in total. The number of hydrogen-bond donors (Lipinski definition) is 3. The number of thioether (sulfide) groups is 1. The lowest BCUT2D eigenvalue weighted by atomic mass is 10.0. The van der Waals surface area contributed by atoms with E-state index in [0.717, 1.165) is 11.1 Å². The number of benzene rings is 4. The van der Waals surface area contributed by atoms with E-state index in [1.165, 1.54) is 47.4 Å². The van der Waals surface area contributed by atoms with Crippen molar-refractivity contribution in [1.29, 1.82) is 0 Å². The van der Waals surface area contributed by atoms with Crippen molar-refractivity contribution in [2.45, 2.75) is 18.7 Å². The third-order valence-electron chi connectivity index (χ3n) is 7.08. The van der Waals surface area contributed by atoms with Crippen molar-refractivity contribution in [3.8, 4) is 11.1 Å². The number of halogens is 1. The molecular weight excluding hydrogens is 662 g/mol. The van der Waals surface area contributed by atoms with Gasteiger partial charge in [0, 0.05) is 32.7 Å². The van der Waals surface area contributed by atoms with Crippen LogP contribution in [0.25, 0.3) is 17.2 Å². The second-order valence-corrected chi connectivity index (χ2v) is 12.6. The van der Waals surface area contributed by atoms with E-state index in [2.05, 4.69) is 16.0 Å². The van der Waals surface area contributed by atoms with Crippen LogP contribution in [0.2, 0.25) is 0 Å². The molecule has 11 heteroatoms. The largest absolute Gasteiger partial charge is 0.462 e. The summed E-state index contributed by atoms with van der Waals surface area (Å²) in [6.45, 7) is 3.89. The number of esters is 1. The van der Waals surface area contributed by atoms with Gasteiger partial charge in [0.1, 0.15) is 22.1 Å². The van der Waals surface area contributed by atoms with Crippen LogP contribution in [0, 0.1) is 12.7 Å². The Kier molecular flexibility index (Phi) is 11.7. The summed E-state index contributed by atoms with van der Waals surface area (Å²) in [5.74, 6) is -2.59. The number of nitrogens with one attached hydrogen (secondary N) is 3. The molecule has 1 heterocycles. The molecular formula is C38H32FN3O5S2. The fraction of sp³-hybridized carbons (Fsp3) is 0.105. The van der Waals surface area contributed by atoms with Gasteiger partial charge in [-0.25, -0.2) is 9.18 Å². The third-order valence-corrected chi connectivity index (χ3v) is 8.97. The molecule has 248 valence electrons. The van der Waals surface area contributed by atoms with E-state index in [9.17, 15) is 23.6 Å². The summed E-state index contributed by atoms with van der Waals surface area (Å²) in [6, 6.07) is 28.8. The van der Waals surface area contributed by atoms with Gasteiger partial charge in [0.25, 0.3) is 11.8 Å². The molecule has 5 rings (SSSR count). The number of carbonyl (C=O) groups is 4. The van der Waals surface area contributed by atoms with Gasteiger partial charge in [0.05, 0.1) is 12.4 Å². The van der Waals surface area contributed by atoms with Crippen LogP contribution >= 0.6 is 23.1 Å². The van der Waals surface area contributed by atoms with Crippen LogP contribution in [0.3, 0.4) is 0 Å². The first-order chi connectivity index (χ1) is 23.7. The molecule has 0 spiro atoms. The normalized spacial score (nSPS) is 11.0. The summed E-state index contributed by atoms with van der Waals surface area (Å²) in [7, 11) is 0. The van der Waals surface area contributed by atoms with Crippen LogP contribution in [-0.2, 0) is 14.3 Å². The van der Waals surface area contributed by atoms with Gasteiger partial charge in [0.2, 0.25) is 5.91 Å². The summed E-state index contributed by atoms with van der Waals surface area (Å²) in [5, 5.41) is 10.4. The first-order valence-corrected chi connectivity index (χ1v) is 17.1. The van der Waals surface area contributed by atoms with E-state index in [0.29, 0.717) is 32.3 Å². The molecule has 1 aromatic heterocycles. The molecule has 0 bridgehead atoms. The van der Waals surface area contributed by atoms with Crippen LogP contribution in [0.5, 0.6) is 0 Å². The number of aryl methyl sites for hydroxylation is 1. The highest BCUT2D eigenvalue weighted by molar-refractivity contribution is 8.00. The zero-order valence-corrected chi connectivity index (χ0v) is 28.3. The summed E-state index contributed by atoms with van der Waals surface area (Å²) < 4.78 is 19.8. The van der Waals surface area contributed by atoms with E-state index in [1.807, 2.05) is 36.6 Å². The molecule has 3 amide bonds. The summed E-state index contributed by atoms with van der Waals surface area (Å²) in [4.78, 5) is 53.0. The minimum absolute atomic E-state index is 0.0169. The zero-order valence-electron chi connectivity index (χ0n) is 26.6. The van der Waals surface area contributed by atoms with Crippen LogP contribution in [0.4, 0.5) is 15.1 Å². The highest BCUT2D eigenvalue weighted by Gasteiger charge is 2.23. The molecule has 0 fully saturated rings. The lowest BCUT2D eigenvalue weighted by Crippen LogP contribution is -2.30. The van der Waals surface area contributed by atoms with Crippen LogP contribution in [0.1, 0.15) is 38.8 Å². The van der Waals surface area contributed by atoms with Crippen LogP contribution in [0.15, 0.2) is 119 Å². The quantitative estimate of drug-likeness (QED) is 0.0690. The minimum Gasteiger partial charge on any atom is -0.462 e. The number of anilines is 2. The van der Waals surface area contributed by atoms with E-state index >= 15 is 0 Å². The smallest absolute Gasteiger partial charge is 0.341 e. The van der Waals surface area contributed by atoms with E-state index < -0.39 is 23.6 Å². The molecule has 0 saturated carbocycles. The standard InChI is InChI=1S/C38H32FN3O5S2/c1-3-47-38(46)34-30(25-18-16-24(2)17-19-25)22-49-37(34)42-33(43)23-48-29-14-9-13-28(21-29)40-36(45)32(20-27-12-7-8-15-31(27)39)41-35(44)26-10-5-4-6-11-26/h4-22H,3,23H2,1-2H3,(H,40,45)(H,41,44)(H,42,43)/b32-20-. The average Bonchev–Trinajstić information content (AvgIpc) is 3.52. The molecule has 5 aromatic rings. The van der Waals surface area contributed by atoms with Crippen molar-refractivity contribution in [3.63, 3.8) is 0 Å².